The molecule has 0 aliphatic heterocycles. The van der Waals surface area contributed by atoms with Crippen LogP contribution in [-0.2, 0) is 5.41 Å². The van der Waals surface area contributed by atoms with E-state index in [1.807, 2.05) is 12.1 Å². The van der Waals surface area contributed by atoms with Gasteiger partial charge in [0.15, 0.2) is 0 Å². The van der Waals surface area contributed by atoms with Crippen LogP contribution in [0.25, 0.3) is 77.8 Å². The Morgan fingerprint density at radius 1 is 0.457 bits per heavy atom. The van der Waals surface area contributed by atoms with E-state index in [1.165, 1.54) is 49.7 Å². The molecule has 0 amide bonds. The van der Waals surface area contributed by atoms with Gasteiger partial charge in [-0.2, -0.15) is 0 Å². The number of hydrogen-bond acceptors (Lipinski definition) is 2. The Labute approximate surface area is 268 Å². The molecule has 0 fully saturated rings. The number of para-hydroxylation sites is 1. The molecule has 0 spiro atoms. The second-order valence-electron chi connectivity index (χ2n) is 12.8. The number of fused-ring (bicyclic) bond motifs is 7. The van der Waals surface area contributed by atoms with Gasteiger partial charge in [0.25, 0.3) is 0 Å². The molecule has 0 radical (unpaired) electrons. The summed E-state index contributed by atoms with van der Waals surface area (Å²) in [5, 5.41) is 2.39. The van der Waals surface area contributed by atoms with Gasteiger partial charge in [0, 0.05) is 27.3 Å². The smallest absolute Gasteiger partial charge is 0.136 e. The van der Waals surface area contributed by atoms with Crippen LogP contribution in [0, 0.1) is 0 Å². The summed E-state index contributed by atoms with van der Waals surface area (Å²) >= 11 is 0. The summed E-state index contributed by atoms with van der Waals surface area (Å²) in [6.07, 6.45) is 0. The number of benzene rings is 6. The second kappa shape index (κ2) is 10.2. The first-order valence-corrected chi connectivity index (χ1v) is 15.9. The maximum absolute atomic E-state index is 6.28. The minimum atomic E-state index is -0.138. The van der Waals surface area contributed by atoms with Crippen LogP contribution in [0.2, 0.25) is 0 Å². The van der Waals surface area contributed by atoms with Gasteiger partial charge in [-0.3, -0.25) is 0 Å². The van der Waals surface area contributed by atoms with Crippen LogP contribution in [0.4, 0.5) is 0 Å². The van der Waals surface area contributed by atoms with Gasteiger partial charge >= 0.3 is 0 Å². The number of aromatic nitrogens is 1. The normalized spacial score (nSPS) is 13.2. The van der Waals surface area contributed by atoms with Crippen LogP contribution in [0.15, 0.2) is 156 Å². The number of nitrogens with zero attached hydrogens (tertiary/aromatic N) is 1. The maximum atomic E-state index is 6.28. The Hall–Kier alpha value is -5.73. The van der Waals surface area contributed by atoms with E-state index in [0.29, 0.717) is 0 Å². The Balaban J connectivity index is 1.17. The lowest BCUT2D eigenvalue weighted by Crippen LogP contribution is -2.14. The minimum Gasteiger partial charge on any atom is -0.456 e. The van der Waals surface area contributed by atoms with E-state index in [4.69, 9.17) is 9.40 Å². The maximum Gasteiger partial charge on any atom is 0.136 e. The summed E-state index contributed by atoms with van der Waals surface area (Å²) in [5.41, 5.74) is 15.9. The molecule has 0 saturated carbocycles. The lowest BCUT2D eigenvalue weighted by atomic mass is 9.81. The van der Waals surface area contributed by atoms with Crippen molar-refractivity contribution in [1.29, 1.82) is 0 Å². The van der Waals surface area contributed by atoms with Crippen molar-refractivity contribution < 1.29 is 4.42 Å². The van der Waals surface area contributed by atoms with E-state index in [0.717, 1.165) is 39.2 Å². The van der Waals surface area contributed by atoms with E-state index in [2.05, 4.69) is 153 Å². The van der Waals surface area contributed by atoms with Crippen molar-refractivity contribution in [3.63, 3.8) is 0 Å². The zero-order valence-electron chi connectivity index (χ0n) is 25.8. The Bertz CT molecular complexity index is 2380. The third-order valence-corrected chi connectivity index (χ3v) is 9.67. The largest absolute Gasteiger partial charge is 0.456 e. The van der Waals surface area contributed by atoms with Gasteiger partial charge in [-0.15, -0.1) is 0 Å². The summed E-state index contributed by atoms with van der Waals surface area (Å²) in [6, 6.07) is 54.0. The topological polar surface area (TPSA) is 26.0 Å². The van der Waals surface area contributed by atoms with E-state index in [1.54, 1.807) is 0 Å². The molecular formula is C44H31NO. The monoisotopic (exact) mass is 589 g/mol. The zero-order chi connectivity index (χ0) is 30.8. The molecule has 8 aromatic rings. The fourth-order valence-corrected chi connectivity index (χ4v) is 7.31. The molecule has 6 aromatic carbocycles. The summed E-state index contributed by atoms with van der Waals surface area (Å²) in [5.74, 6) is 0. The highest BCUT2D eigenvalue weighted by molar-refractivity contribution is 6.15. The molecule has 46 heavy (non-hydrogen) atoms. The molecule has 0 bridgehead atoms. The molecule has 0 N–H and O–H groups in total. The summed E-state index contributed by atoms with van der Waals surface area (Å²) in [7, 11) is 0. The Morgan fingerprint density at radius 2 is 1.11 bits per heavy atom. The minimum absolute atomic E-state index is 0.138. The summed E-state index contributed by atoms with van der Waals surface area (Å²) in [4.78, 5) is 5.18. The van der Waals surface area contributed by atoms with Crippen LogP contribution in [0.1, 0.15) is 25.0 Å². The van der Waals surface area contributed by atoms with E-state index in [-0.39, 0.29) is 5.41 Å². The van der Waals surface area contributed by atoms with Crippen molar-refractivity contribution in [3.8, 4) is 55.9 Å². The molecule has 0 unspecified atom stereocenters. The zero-order valence-corrected chi connectivity index (χ0v) is 25.8. The predicted octanol–water partition coefficient (Wildman–Crippen LogP) is 12.0. The van der Waals surface area contributed by atoms with Gasteiger partial charge in [0.1, 0.15) is 11.2 Å². The molecule has 1 aliphatic rings. The molecule has 218 valence electrons. The van der Waals surface area contributed by atoms with Crippen molar-refractivity contribution in [2.45, 2.75) is 19.3 Å². The highest BCUT2D eigenvalue weighted by Gasteiger charge is 2.37. The van der Waals surface area contributed by atoms with Gasteiger partial charge in [0.2, 0.25) is 0 Å². The predicted molar refractivity (Wildman–Crippen MR) is 191 cm³/mol. The highest BCUT2D eigenvalue weighted by atomic mass is 16.3. The van der Waals surface area contributed by atoms with E-state index in [9.17, 15) is 0 Å². The average Bonchev–Trinajstić information content (AvgIpc) is 3.60. The molecular weight excluding hydrogens is 558 g/mol. The fraction of sp³-hybridized carbons (Fsp3) is 0.0682. The van der Waals surface area contributed by atoms with Gasteiger partial charge < -0.3 is 4.42 Å². The van der Waals surface area contributed by atoms with Crippen LogP contribution in [0.3, 0.4) is 0 Å². The van der Waals surface area contributed by atoms with Crippen molar-refractivity contribution in [1.82, 2.24) is 4.98 Å². The van der Waals surface area contributed by atoms with Gasteiger partial charge in [-0.25, -0.2) is 4.98 Å². The third kappa shape index (κ3) is 4.14. The second-order valence-corrected chi connectivity index (χ2v) is 12.8. The molecule has 2 nitrogen and oxygen atoms in total. The van der Waals surface area contributed by atoms with Gasteiger partial charge in [-0.05, 0) is 80.9 Å². The van der Waals surface area contributed by atoms with Crippen molar-refractivity contribution in [2.24, 2.45) is 0 Å². The lowest BCUT2D eigenvalue weighted by molar-refractivity contribution is 0.657. The first-order chi connectivity index (χ1) is 22.5. The number of furan rings is 1. The van der Waals surface area contributed by atoms with E-state index >= 15 is 0 Å². The third-order valence-electron chi connectivity index (χ3n) is 9.67. The quantitative estimate of drug-likeness (QED) is 0.204. The number of rotatable bonds is 4. The lowest BCUT2D eigenvalue weighted by Gasteiger charge is -2.22. The van der Waals surface area contributed by atoms with Crippen LogP contribution >= 0.6 is 0 Å². The average molecular weight is 590 g/mol. The first-order valence-electron chi connectivity index (χ1n) is 15.9. The molecule has 2 aromatic heterocycles. The van der Waals surface area contributed by atoms with Gasteiger partial charge in [0.05, 0.1) is 11.4 Å². The Kier molecular flexibility index (Phi) is 5.88. The standard InChI is InChI=1S/C44H31NO/c1-44(2)36-22-23-41-43(35-18-9-10-19-40(35)46-41)42(36)34-21-20-31(25-37(34)44)30-16-11-17-32(24-30)39-27-33(28-12-5-3-6-13-28)26-38(45-39)29-14-7-4-8-15-29/h3-27H,1-2H3. The summed E-state index contributed by atoms with van der Waals surface area (Å²) in [6.45, 7) is 4.69. The molecule has 1 aliphatic carbocycles. The molecule has 9 rings (SSSR count). The van der Waals surface area contributed by atoms with Crippen LogP contribution in [0.5, 0.6) is 0 Å². The fourth-order valence-electron chi connectivity index (χ4n) is 7.31. The molecule has 0 atom stereocenters. The van der Waals surface area contributed by atoms with E-state index < -0.39 is 0 Å². The SMILES string of the molecule is CC1(C)c2cc(-c3cccc(-c4cc(-c5ccccc5)cc(-c5ccccc5)n4)c3)ccc2-c2c1ccc1oc3ccccc3c21. The molecule has 2 heterocycles. The van der Waals surface area contributed by atoms with Gasteiger partial charge in [-0.1, -0.05) is 129 Å². The van der Waals surface area contributed by atoms with Crippen molar-refractivity contribution in [2.75, 3.05) is 0 Å². The number of pyridine rings is 1. The van der Waals surface area contributed by atoms with Crippen LogP contribution < -0.4 is 0 Å². The molecule has 2 heteroatoms. The highest BCUT2D eigenvalue weighted by Crippen LogP contribution is 2.53. The van der Waals surface area contributed by atoms with Crippen molar-refractivity contribution in [3.05, 3.63) is 163 Å². The summed E-state index contributed by atoms with van der Waals surface area (Å²) < 4.78 is 6.28. The first kappa shape index (κ1) is 26.7. The van der Waals surface area contributed by atoms with Crippen molar-refractivity contribution >= 4 is 21.9 Å². The molecule has 0 saturated heterocycles. The number of hydrogen-bond donors (Lipinski definition) is 0. The Morgan fingerprint density at radius 3 is 1.91 bits per heavy atom. The van der Waals surface area contributed by atoms with Crippen LogP contribution in [-0.4, -0.2) is 4.98 Å².